The van der Waals surface area contributed by atoms with Crippen molar-refractivity contribution in [3.63, 3.8) is 0 Å². The maximum absolute atomic E-state index is 10.4. The Morgan fingerprint density at radius 2 is 0.964 bits per heavy atom. The molecule has 3 nitrogen and oxygen atoms in total. The Balaban J connectivity index is 0.000000292. The normalized spacial score (nSPS) is 12.4. The molecule has 0 aliphatic rings. The maximum Gasteiger partial charge on any atom is 0.161 e. The molecule has 2 rings (SSSR count). The highest BCUT2D eigenvalue weighted by Crippen LogP contribution is 2.39. The van der Waals surface area contributed by atoms with Crippen LogP contribution in [-0.2, 0) is 16.2 Å². The van der Waals surface area contributed by atoms with E-state index in [1.54, 1.807) is 6.07 Å². The van der Waals surface area contributed by atoms with Gasteiger partial charge in [-0.1, -0.05) is 92.1 Å². The fourth-order valence-electron chi connectivity index (χ4n) is 3.06. The van der Waals surface area contributed by atoms with Gasteiger partial charge in [-0.15, -0.1) is 0 Å². The molecule has 0 radical (unpaired) electrons. The second kappa shape index (κ2) is 8.06. The molecule has 0 spiro atoms. The number of aromatic hydroxyl groups is 3. The first-order valence-corrected chi connectivity index (χ1v) is 9.82. The molecule has 156 valence electrons. The number of para-hydroxylation sites is 1. The Morgan fingerprint density at radius 3 is 1.29 bits per heavy atom. The van der Waals surface area contributed by atoms with E-state index < -0.39 is 0 Å². The molecule has 0 saturated carbocycles. The highest BCUT2D eigenvalue weighted by Gasteiger charge is 2.25. The minimum absolute atomic E-state index is 0.00926. The Hall–Kier alpha value is -2.16. The first-order chi connectivity index (χ1) is 12.5. The molecule has 28 heavy (non-hydrogen) atoms. The van der Waals surface area contributed by atoms with Crippen LogP contribution in [0.2, 0.25) is 0 Å². The van der Waals surface area contributed by atoms with Crippen LogP contribution in [0.15, 0.2) is 30.3 Å². The minimum atomic E-state index is -0.136. The molecule has 3 N–H and O–H groups in total. The minimum Gasteiger partial charge on any atom is -0.507 e. The van der Waals surface area contributed by atoms with Gasteiger partial charge in [0.25, 0.3) is 0 Å². The van der Waals surface area contributed by atoms with Crippen molar-refractivity contribution in [1.29, 1.82) is 0 Å². The van der Waals surface area contributed by atoms with Gasteiger partial charge in [0.1, 0.15) is 5.75 Å². The van der Waals surface area contributed by atoms with E-state index in [0.29, 0.717) is 5.75 Å². The van der Waals surface area contributed by atoms with E-state index in [0.717, 1.165) is 16.7 Å². The van der Waals surface area contributed by atoms with Gasteiger partial charge in [-0.2, -0.15) is 0 Å². The van der Waals surface area contributed by atoms with Gasteiger partial charge in [0.15, 0.2) is 11.5 Å². The highest BCUT2D eigenvalue weighted by atomic mass is 16.3. The van der Waals surface area contributed by atoms with Gasteiger partial charge in [0.2, 0.25) is 0 Å². The molecule has 0 fully saturated rings. The first-order valence-electron chi connectivity index (χ1n) is 9.82. The number of hydrogen-bond donors (Lipinski definition) is 3. The van der Waals surface area contributed by atoms with Gasteiger partial charge in [0.05, 0.1) is 0 Å². The Labute approximate surface area is 171 Å². The number of rotatable bonds is 0. The first kappa shape index (κ1) is 23.9. The zero-order valence-corrected chi connectivity index (χ0v) is 19.2. The van der Waals surface area contributed by atoms with Gasteiger partial charge in [-0.25, -0.2) is 0 Å². The van der Waals surface area contributed by atoms with Crippen molar-refractivity contribution in [2.75, 3.05) is 0 Å². The van der Waals surface area contributed by atoms with Crippen molar-refractivity contribution in [2.24, 2.45) is 0 Å². The fraction of sp³-hybridized carbons (Fsp3) is 0.520. The highest BCUT2D eigenvalue weighted by molar-refractivity contribution is 5.49. The zero-order chi connectivity index (χ0) is 22.1. The third-order valence-electron chi connectivity index (χ3n) is 4.69. The second-order valence-electron chi connectivity index (χ2n) is 10.6. The quantitative estimate of drug-likeness (QED) is 0.442. The Kier molecular flexibility index (Phi) is 6.88. The molecular weight excluding hydrogens is 348 g/mol. The molecule has 0 saturated heterocycles. The van der Waals surface area contributed by atoms with Gasteiger partial charge in [-0.3, -0.25) is 0 Å². The largest absolute Gasteiger partial charge is 0.507 e. The number of hydrogen-bond acceptors (Lipinski definition) is 3. The third-order valence-corrected chi connectivity index (χ3v) is 4.69. The van der Waals surface area contributed by atoms with Crippen LogP contribution in [0.3, 0.4) is 0 Å². The smallest absolute Gasteiger partial charge is 0.161 e. The molecule has 0 atom stereocenters. The summed E-state index contributed by atoms with van der Waals surface area (Å²) in [4.78, 5) is 0. The molecule has 0 bridgehead atoms. The lowest BCUT2D eigenvalue weighted by atomic mass is 9.78. The van der Waals surface area contributed by atoms with Crippen LogP contribution in [-0.4, -0.2) is 15.3 Å². The molecule has 2 aromatic carbocycles. The topological polar surface area (TPSA) is 60.7 Å². The summed E-state index contributed by atoms with van der Waals surface area (Å²) in [6.07, 6.45) is 0. The van der Waals surface area contributed by atoms with Crippen molar-refractivity contribution in [3.8, 4) is 17.2 Å². The molecule has 2 aromatic rings. The standard InChI is InChI=1S/C15H24O.C10H14O2/c1-10-8-11(14(2,3)4)13(16)12(9-10)15(5,6)7;1-10(2,3)7-5-4-6-8(11)9(7)12/h8-9,16H,1-7H3;4-6,11-12H,1-3H3. The third kappa shape index (κ3) is 5.92. The fourth-order valence-corrected chi connectivity index (χ4v) is 3.06. The van der Waals surface area contributed by atoms with Crippen molar-refractivity contribution in [3.05, 3.63) is 52.6 Å². The zero-order valence-electron chi connectivity index (χ0n) is 19.2. The summed E-state index contributed by atoms with van der Waals surface area (Å²) in [7, 11) is 0. The van der Waals surface area contributed by atoms with Gasteiger partial charge in [-0.05, 0) is 40.4 Å². The lowest BCUT2D eigenvalue weighted by Gasteiger charge is -2.27. The predicted molar refractivity (Wildman–Crippen MR) is 119 cm³/mol. The summed E-state index contributed by atoms with van der Waals surface area (Å²) in [5.74, 6) is 0.401. The molecule has 0 unspecified atom stereocenters. The molecule has 0 amide bonds. The molecule has 0 heterocycles. The van der Waals surface area contributed by atoms with Gasteiger partial charge < -0.3 is 15.3 Å². The van der Waals surface area contributed by atoms with E-state index in [1.807, 2.05) is 26.8 Å². The monoisotopic (exact) mass is 386 g/mol. The van der Waals surface area contributed by atoms with Crippen LogP contribution in [0.25, 0.3) is 0 Å². The lowest BCUT2D eigenvalue weighted by molar-refractivity contribution is 0.389. The summed E-state index contributed by atoms with van der Waals surface area (Å²) in [5.41, 5.74) is 3.89. The average molecular weight is 387 g/mol. The van der Waals surface area contributed by atoms with Crippen molar-refractivity contribution < 1.29 is 15.3 Å². The summed E-state index contributed by atoms with van der Waals surface area (Å²) in [6, 6.07) is 9.20. The molecular formula is C25H38O3. The van der Waals surface area contributed by atoms with E-state index in [-0.39, 0.29) is 27.7 Å². The van der Waals surface area contributed by atoms with E-state index in [9.17, 15) is 15.3 Å². The number of phenolic OH excluding ortho intramolecular Hbond substituents is 3. The number of aryl methyl sites for hydroxylation is 1. The van der Waals surface area contributed by atoms with Crippen LogP contribution in [0.4, 0.5) is 0 Å². The van der Waals surface area contributed by atoms with E-state index in [2.05, 4.69) is 60.6 Å². The van der Waals surface area contributed by atoms with Gasteiger partial charge in [0, 0.05) is 5.56 Å². The van der Waals surface area contributed by atoms with Crippen LogP contribution >= 0.6 is 0 Å². The second-order valence-corrected chi connectivity index (χ2v) is 10.6. The van der Waals surface area contributed by atoms with Crippen LogP contribution < -0.4 is 0 Å². The Bertz CT molecular complexity index is 778. The molecule has 0 aromatic heterocycles. The molecule has 0 aliphatic carbocycles. The van der Waals surface area contributed by atoms with Crippen LogP contribution in [0, 0.1) is 6.92 Å². The van der Waals surface area contributed by atoms with Crippen molar-refractivity contribution >= 4 is 0 Å². The number of phenols is 3. The van der Waals surface area contributed by atoms with Crippen LogP contribution in [0.5, 0.6) is 17.2 Å². The predicted octanol–water partition coefficient (Wildman–Crippen LogP) is 6.69. The summed E-state index contributed by atoms with van der Waals surface area (Å²) >= 11 is 0. The maximum atomic E-state index is 10.4. The van der Waals surface area contributed by atoms with Crippen molar-refractivity contribution in [2.45, 2.75) is 85.5 Å². The molecule has 3 heteroatoms. The van der Waals surface area contributed by atoms with E-state index in [4.69, 9.17) is 0 Å². The van der Waals surface area contributed by atoms with E-state index >= 15 is 0 Å². The Morgan fingerprint density at radius 1 is 0.571 bits per heavy atom. The molecule has 0 aliphatic heterocycles. The lowest BCUT2D eigenvalue weighted by Crippen LogP contribution is -2.17. The number of benzene rings is 2. The summed E-state index contributed by atoms with van der Waals surface area (Å²) in [6.45, 7) is 20.8. The van der Waals surface area contributed by atoms with E-state index in [1.165, 1.54) is 11.6 Å². The average Bonchev–Trinajstić information content (AvgIpc) is 2.49. The van der Waals surface area contributed by atoms with Gasteiger partial charge >= 0.3 is 0 Å². The summed E-state index contributed by atoms with van der Waals surface area (Å²) in [5, 5.41) is 29.1. The van der Waals surface area contributed by atoms with Crippen molar-refractivity contribution in [1.82, 2.24) is 0 Å². The van der Waals surface area contributed by atoms with Crippen LogP contribution in [0.1, 0.15) is 84.6 Å². The summed E-state index contributed by atoms with van der Waals surface area (Å²) < 4.78 is 0. The SMILES string of the molecule is CC(C)(C)c1cccc(O)c1O.Cc1cc(C(C)(C)C)c(O)c(C(C)(C)C)c1.